The number of nitrogens with two attached hydrogens (primary N) is 1. The van der Waals surface area contributed by atoms with E-state index < -0.39 is 0 Å². The Morgan fingerprint density at radius 3 is 1.93 bits per heavy atom. The fourth-order valence-corrected chi connectivity index (χ4v) is 2.81. The van der Waals surface area contributed by atoms with Crippen molar-refractivity contribution in [3.8, 4) is 0 Å². The maximum atomic E-state index is 5.87. The summed E-state index contributed by atoms with van der Waals surface area (Å²) < 4.78 is 5.87. The molecule has 1 fully saturated rings. The summed E-state index contributed by atoms with van der Waals surface area (Å²) in [7, 11) is 0. The summed E-state index contributed by atoms with van der Waals surface area (Å²) in [5.41, 5.74) is 3.15. The maximum absolute atomic E-state index is 5.87. The van der Waals surface area contributed by atoms with Crippen molar-refractivity contribution >= 4 is 0 Å². The molecule has 3 nitrogen and oxygen atoms in total. The molecule has 1 saturated heterocycles. The molecule has 0 aromatic rings. The Morgan fingerprint density at radius 1 is 1.13 bits per heavy atom. The molecular weight excluding hydrogens is 188 g/mol. The lowest BCUT2D eigenvalue weighted by Crippen LogP contribution is -2.52. The number of nitrogens with one attached hydrogen (secondary N) is 1. The minimum absolute atomic E-state index is 0.162. The first-order chi connectivity index (χ1) is 6.79. The van der Waals surface area contributed by atoms with Crippen LogP contribution in [0.15, 0.2) is 0 Å². The highest BCUT2D eigenvalue weighted by atomic mass is 16.5. The fourth-order valence-electron chi connectivity index (χ4n) is 2.81. The van der Waals surface area contributed by atoms with Crippen molar-refractivity contribution in [1.82, 2.24) is 5.43 Å². The number of ether oxygens (including phenoxy) is 1. The third-order valence-corrected chi connectivity index (χ3v) is 3.82. The molecule has 0 radical (unpaired) electrons. The zero-order valence-electron chi connectivity index (χ0n) is 10.9. The maximum Gasteiger partial charge on any atom is 0.0598 e. The third-order valence-electron chi connectivity index (χ3n) is 3.82. The van der Waals surface area contributed by atoms with E-state index in [1.54, 1.807) is 0 Å². The van der Waals surface area contributed by atoms with Crippen LogP contribution in [0.1, 0.15) is 41.5 Å². The van der Waals surface area contributed by atoms with Crippen molar-refractivity contribution in [3.05, 3.63) is 0 Å². The predicted octanol–water partition coefficient (Wildman–Crippen LogP) is 1.92. The van der Waals surface area contributed by atoms with Crippen LogP contribution < -0.4 is 11.3 Å². The third kappa shape index (κ3) is 2.52. The molecular formula is C12H26N2O. The first kappa shape index (κ1) is 12.9. The molecule has 0 amide bonds. The standard InChI is InChI=1S/C12H26N2O/c1-7-8(2)15-9(3)10(7)11(14-13)12(4,5)6/h7-11,14H,13H2,1-6H3. The Labute approximate surface area is 93.7 Å². The van der Waals surface area contributed by atoms with Crippen LogP contribution in [0.3, 0.4) is 0 Å². The van der Waals surface area contributed by atoms with E-state index in [4.69, 9.17) is 10.6 Å². The average Bonchev–Trinajstić information content (AvgIpc) is 2.30. The van der Waals surface area contributed by atoms with Gasteiger partial charge in [-0.1, -0.05) is 27.7 Å². The first-order valence-electron chi connectivity index (χ1n) is 5.90. The lowest BCUT2D eigenvalue weighted by molar-refractivity contribution is 0.0402. The van der Waals surface area contributed by atoms with Crippen LogP contribution in [0.2, 0.25) is 0 Å². The van der Waals surface area contributed by atoms with Gasteiger partial charge < -0.3 is 4.74 Å². The molecule has 5 atom stereocenters. The molecule has 0 saturated carbocycles. The molecule has 3 N–H and O–H groups in total. The summed E-state index contributed by atoms with van der Waals surface area (Å²) in [6.07, 6.45) is 0.624. The van der Waals surface area contributed by atoms with E-state index in [2.05, 4.69) is 47.0 Å². The molecule has 0 aromatic heterocycles. The van der Waals surface area contributed by atoms with E-state index in [0.717, 1.165) is 0 Å². The van der Waals surface area contributed by atoms with Gasteiger partial charge in [-0.25, -0.2) is 0 Å². The van der Waals surface area contributed by atoms with Gasteiger partial charge in [-0.2, -0.15) is 0 Å². The Kier molecular flexibility index (Phi) is 3.80. The van der Waals surface area contributed by atoms with E-state index in [0.29, 0.717) is 24.0 Å². The van der Waals surface area contributed by atoms with E-state index in [1.165, 1.54) is 0 Å². The summed E-state index contributed by atoms with van der Waals surface area (Å²) in [4.78, 5) is 0. The van der Waals surface area contributed by atoms with Gasteiger partial charge in [-0.05, 0) is 25.2 Å². The predicted molar refractivity (Wildman–Crippen MR) is 63.2 cm³/mol. The monoisotopic (exact) mass is 214 g/mol. The average molecular weight is 214 g/mol. The Hall–Kier alpha value is -0.120. The van der Waals surface area contributed by atoms with Gasteiger partial charge in [-0.15, -0.1) is 0 Å². The highest BCUT2D eigenvalue weighted by molar-refractivity contribution is 4.95. The van der Waals surface area contributed by atoms with Gasteiger partial charge >= 0.3 is 0 Å². The van der Waals surface area contributed by atoms with E-state index in [1.807, 2.05) is 0 Å². The largest absolute Gasteiger partial charge is 0.375 e. The molecule has 15 heavy (non-hydrogen) atoms. The summed E-state index contributed by atoms with van der Waals surface area (Å²) in [5.74, 6) is 6.75. The van der Waals surface area contributed by atoms with Crippen molar-refractivity contribution in [2.45, 2.75) is 59.8 Å². The van der Waals surface area contributed by atoms with Crippen LogP contribution in [0.5, 0.6) is 0 Å². The van der Waals surface area contributed by atoms with Crippen molar-refractivity contribution in [3.63, 3.8) is 0 Å². The zero-order chi connectivity index (χ0) is 11.8. The lowest BCUT2D eigenvalue weighted by atomic mass is 9.72. The zero-order valence-corrected chi connectivity index (χ0v) is 10.9. The Balaban J connectivity index is 2.85. The molecule has 90 valence electrons. The molecule has 1 heterocycles. The van der Waals surface area contributed by atoms with Crippen molar-refractivity contribution < 1.29 is 4.74 Å². The van der Waals surface area contributed by atoms with Gasteiger partial charge in [0.05, 0.1) is 12.2 Å². The van der Waals surface area contributed by atoms with E-state index >= 15 is 0 Å². The van der Waals surface area contributed by atoms with E-state index in [-0.39, 0.29) is 11.5 Å². The van der Waals surface area contributed by atoms with Crippen molar-refractivity contribution in [2.75, 3.05) is 0 Å². The van der Waals surface area contributed by atoms with Crippen LogP contribution in [0.25, 0.3) is 0 Å². The van der Waals surface area contributed by atoms with Gasteiger partial charge in [0.15, 0.2) is 0 Å². The lowest BCUT2D eigenvalue weighted by Gasteiger charge is -2.38. The quantitative estimate of drug-likeness (QED) is 0.545. The van der Waals surface area contributed by atoms with Crippen LogP contribution >= 0.6 is 0 Å². The summed E-state index contributed by atoms with van der Waals surface area (Å²) in [6, 6.07) is 0.299. The van der Waals surface area contributed by atoms with Crippen molar-refractivity contribution in [1.29, 1.82) is 0 Å². The van der Waals surface area contributed by atoms with Crippen LogP contribution in [-0.4, -0.2) is 18.2 Å². The van der Waals surface area contributed by atoms with Crippen molar-refractivity contribution in [2.24, 2.45) is 23.1 Å². The molecule has 1 rings (SSSR count). The Bertz CT molecular complexity index is 212. The number of hydrogen-bond acceptors (Lipinski definition) is 3. The molecule has 1 aliphatic rings. The number of rotatable bonds is 2. The highest BCUT2D eigenvalue weighted by Crippen LogP contribution is 2.39. The molecule has 0 bridgehead atoms. The fraction of sp³-hybridized carbons (Fsp3) is 1.00. The summed E-state index contributed by atoms with van der Waals surface area (Å²) >= 11 is 0. The van der Waals surface area contributed by atoms with Crippen LogP contribution in [0.4, 0.5) is 0 Å². The normalized spacial score (nSPS) is 39.4. The topological polar surface area (TPSA) is 47.3 Å². The second kappa shape index (κ2) is 4.40. The minimum atomic E-state index is 0.162. The SMILES string of the molecule is CC1OC(C)C(C(NN)C(C)(C)C)C1C. The van der Waals surface area contributed by atoms with Crippen LogP contribution in [-0.2, 0) is 4.74 Å². The highest BCUT2D eigenvalue weighted by Gasteiger charge is 2.45. The van der Waals surface area contributed by atoms with Crippen LogP contribution in [0, 0.1) is 17.3 Å². The van der Waals surface area contributed by atoms with Gasteiger partial charge in [0, 0.05) is 12.0 Å². The molecule has 0 aromatic carbocycles. The summed E-state index contributed by atoms with van der Waals surface area (Å²) in [6.45, 7) is 13.2. The molecule has 0 aliphatic carbocycles. The van der Waals surface area contributed by atoms with E-state index in [9.17, 15) is 0 Å². The van der Waals surface area contributed by atoms with Gasteiger partial charge in [0.2, 0.25) is 0 Å². The van der Waals surface area contributed by atoms with Gasteiger partial charge in [0.1, 0.15) is 0 Å². The minimum Gasteiger partial charge on any atom is -0.375 e. The first-order valence-corrected chi connectivity index (χ1v) is 5.90. The smallest absolute Gasteiger partial charge is 0.0598 e. The van der Waals surface area contributed by atoms with Gasteiger partial charge in [-0.3, -0.25) is 11.3 Å². The molecule has 3 heteroatoms. The van der Waals surface area contributed by atoms with Gasteiger partial charge in [0.25, 0.3) is 0 Å². The second-order valence-electron chi connectivity index (χ2n) is 5.99. The number of hydrazine groups is 1. The Morgan fingerprint density at radius 2 is 1.67 bits per heavy atom. The number of hydrogen-bond donors (Lipinski definition) is 2. The second-order valence-corrected chi connectivity index (χ2v) is 5.99. The summed E-state index contributed by atoms with van der Waals surface area (Å²) in [5, 5.41) is 0. The molecule has 1 aliphatic heterocycles. The molecule has 0 spiro atoms. The molecule has 5 unspecified atom stereocenters.